The van der Waals surface area contributed by atoms with E-state index in [1.807, 2.05) is 18.2 Å². The molecule has 51 heavy (non-hydrogen) atoms. The fourth-order valence-corrected chi connectivity index (χ4v) is 7.31. The number of ether oxygens (including phenoxy) is 2. The normalized spacial score (nSPS) is 19.0. The molecule has 2 aliphatic rings. The molecule has 0 saturated heterocycles. The van der Waals surface area contributed by atoms with Gasteiger partial charge in [0.2, 0.25) is 0 Å². The van der Waals surface area contributed by atoms with Gasteiger partial charge in [-0.05, 0) is 94.0 Å². The van der Waals surface area contributed by atoms with E-state index in [2.05, 4.69) is 0 Å². The summed E-state index contributed by atoms with van der Waals surface area (Å²) in [6, 6.07) is 30.7. The summed E-state index contributed by atoms with van der Waals surface area (Å²) in [6.45, 7) is 0. The summed E-state index contributed by atoms with van der Waals surface area (Å²) in [4.78, 5) is 0. The van der Waals surface area contributed by atoms with Crippen molar-refractivity contribution in [2.24, 2.45) is 0 Å². The van der Waals surface area contributed by atoms with Gasteiger partial charge in [0.15, 0.2) is 0 Å². The molecule has 254 valence electrons. The van der Waals surface area contributed by atoms with E-state index in [9.17, 15) is 35.7 Å². The van der Waals surface area contributed by atoms with Gasteiger partial charge in [0.05, 0.1) is 11.8 Å². The first-order valence-corrected chi connectivity index (χ1v) is 16.3. The summed E-state index contributed by atoms with van der Waals surface area (Å²) in [6.07, 6.45) is 2.52. The summed E-state index contributed by atoms with van der Waals surface area (Å²) < 4.78 is 13.5. The molecule has 0 fully saturated rings. The summed E-state index contributed by atoms with van der Waals surface area (Å²) >= 11 is 0. The van der Waals surface area contributed by atoms with E-state index in [1.165, 1.54) is 12.1 Å². The van der Waals surface area contributed by atoms with Crippen LogP contribution < -0.4 is 9.47 Å². The SMILES string of the molecule is Oc1ccc(/C=C\c2c3c(cc4c2[C@H](c2cc(O)cc(O)c2)[C@@H](c2ccc(O)cc2)O4)O[C@H](c2ccc(O)cc2)[C@H]3c2cc(O)cc(O)c2)cc1. The van der Waals surface area contributed by atoms with Crippen LogP contribution >= 0.6 is 0 Å². The number of fused-ring (bicyclic) bond motifs is 2. The van der Waals surface area contributed by atoms with Crippen LogP contribution in [0.3, 0.4) is 0 Å². The number of hydrogen-bond acceptors (Lipinski definition) is 9. The molecular weight excluding hydrogens is 648 g/mol. The largest absolute Gasteiger partial charge is 0.508 e. The van der Waals surface area contributed by atoms with Gasteiger partial charge in [0.25, 0.3) is 0 Å². The highest BCUT2D eigenvalue weighted by molar-refractivity contribution is 5.80. The van der Waals surface area contributed by atoms with E-state index in [0.29, 0.717) is 28.2 Å². The Kier molecular flexibility index (Phi) is 7.60. The predicted octanol–water partition coefficient (Wildman–Crippen LogP) is 8.33. The maximum atomic E-state index is 10.7. The first-order valence-electron chi connectivity index (χ1n) is 16.3. The van der Waals surface area contributed by atoms with Gasteiger partial charge in [-0.3, -0.25) is 0 Å². The van der Waals surface area contributed by atoms with Crippen molar-refractivity contribution in [3.05, 3.63) is 160 Å². The molecule has 0 radical (unpaired) electrons. The van der Waals surface area contributed by atoms with Gasteiger partial charge < -0.3 is 45.2 Å². The highest BCUT2D eigenvalue weighted by Crippen LogP contribution is 2.60. The van der Waals surface area contributed by atoms with Crippen LogP contribution in [0.2, 0.25) is 0 Å². The summed E-state index contributed by atoms with van der Waals surface area (Å²) in [5.74, 6) is -0.409. The predicted molar refractivity (Wildman–Crippen MR) is 190 cm³/mol. The van der Waals surface area contributed by atoms with Crippen molar-refractivity contribution in [1.82, 2.24) is 0 Å². The smallest absolute Gasteiger partial charge is 0.135 e. The molecule has 2 aliphatic heterocycles. The van der Waals surface area contributed by atoms with Gasteiger partial charge in [-0.1, -0.05) is 48.6 Å². The monoisotopic (exact) mass is 680 g/mol. The minimum absolute atomic E-state index is 0.0863. The number of benzene rings is 6. The quantitative estimate of drug-likeness (QED) is 0.0858. The molecule has 9 nitrogen and oxygen atoms in total. The number of hydrogen-bond donors (Lipinski definition) is 7. The molecule has 6 aromatic rings. The first-order chi connectivity index (χ1) is 24.6. The van der Waals surface area contributed by atoms with Crippen LogP contribution in [0.4, 0.5) is 0 Å². The molecule has 0 unspecified atom stereocenters. The van der Waals surface area contributed by atoms with E-state index in [1.54, 1.807) is 97.1 Å². The second-order valence-electron chi connectivity index (χ2n) is 12.8. The molecule has 9 heteroatoms. The highest BCUT2D eigenvalue weighted by atomic mass is 16.5. The summed E-state index contributed by atoms with van der Waals surface area (Å²) in [5, 5.41) is 72.8. The highest BCUT2D eigenvalue weighted by Gasteiger charge is 2.45. The van der Waals surface area contributed by atoms with Gasteiger partial charge in [0.1, 0.15) is 64.0 Å². The lowest BCUT2D eigenvalue weighted by Crippen LogP contribution is -2.14. The Morgan fingerprint density at radius 1 is 0.373 bits per heavy atom. The summed E-state index contributed by atoms with van der Waals surface area (Å²) in [5.41, 5.74) is 5.59. The zero-order valence-corrected chi connectivity index (χ0v) is 26.9. The average Bonchev–Trinajstić information content (AvgIpc) is 3.66. The van der Waals surface area contributed by atoms with Crippen molar-refractivity contribution < 1.29 is 45.2 Å². The molecular formula is C42H32O9. The molecule has 0 saturated carbocycles. The number of phenolic OH excluding ortho intramolecular Hbond substituents is 7. The Labute approximate surface area is 292 Å². The van der Waals surface area contributed by atoms with E-state index in [0.717, 1.165) is 27.8 Å². The van der Waals surface area contributed by atoms with Crippen molar-refractivity contribution in [3.63, 3.8) is 0 Å². The average molecular weight is 681 g/mol. The molecule has 2 heterocycles. The van der Waals surface area contributed by atoms with Crippen LogP contribution in [-0.4, -0.2) is 35.7 Å². The van der Waals surface area contributed by atoms with Crippen molar-refractivity contribution >= 4 is 12.2 Å². The third-order valence-electron chi connectivity index (χ3n) is 9.46. The van der Waals surface area contributed by atoms with E-state index >= 15 is 0 Å². The molecule has 7 N–H and O–H groups in total. The lowest BCUT2D eigenvalue weighted by atomic mass is 9.77. The zero-order chi connectivity index (χ0) is 35.4. The van der Waals surface area contributed by atoms with Crippen LogP contribution in [0.15, 0.2) is 115 Å². The maximum absolute atomic E-state index is 10.7. The van der Waals surface area contributed by atoms with Gasteiger partial charge in [-0.2, -0.15) is 0 Å². The number of aromatic hydroxyl groups is 7. The second kappa shape index (κ2) is 12.3. The topological polar surface area (TPSA) is 160 Å². The number of rotatable bonds is 6. The van der Waals surface area contributed by atoms with Crippen LogP contribution in [0, 0.1) is 0 Å². The Hall–Kier alpha value is -6.74. The fraction of sp³-hybridized carbons (Fsp3) is 0.0952. The van der Waals surface area contributed by atoms with Gasteiger partial charge >= 0.3 is 0 Å². The molecule has 0 aromatic heterocycles. The zero-order valence-electron chi connectivity index (χ0n) is 26.9. The molecule has 0 amide bonds. The molecule has 8 rings (SSSR count). The van der Waals surface area contributed by atoms with Crippen molar-refractivity contribution in [2.45, 2.75) is 24.0 Å². The molecule has 0 bridgehead atoms. The molecule has 0 spiro atoms. The summed E-state index contributed by atoms with van der Waals surface area (Å²) in [7, 11) is 0. The Balaban J connectivity index is 1.42. The van der Waals surface area contributed by atoms with Gasteiger partial charge in [-0.25, -0.2) is 0 Å². The fourth-order valence-electron chi connectivity index (χ4n) is 7.31. The van der Waals surface area contributed by atoms with Crippen LogP contribution in [0.5, 0.6) is 51.7 Å². The van der Waals surface area contributed by atoms with Crippen LogP contribution in [0.25, 0.3) is 12.2 Å². The van der Waals surface area contributed by atoms with Crippen molar-refractivity contribution in [2.75, 3.05) is 0 Å². The third-order valence-corrected chi connectivity index (χ3v) is 9.46. The lowest BCUT2D eigenvalue weighted by molar-refractivity contribution is 0.212. The van der Waals surface area contributed by atoms with Crippen molar-refractivity contribution in [3.8, 4) is 51.7 Å². The lowest BCUT2D eigenvalue weighted by Gasteiger charge is -2.24. The Morgan fingerprint density at radius 2 is 0.745 bits per heavy atom. The van der Waals surface area contributed by atoms with E-state index in [-0.39, 0.29) is 40.2 Å². The van der Waals surface area contributed by atoms with E-state index in [4.69, 9.17) is 9.47 Å². The molecule has 4 atom stereocenters. The molecule has 6 aromatic carbocycles. The standard InChI is InChI=1S/C42H32O9/c43-27-8-1-22(2-9-27)3-14-34-39-35(50-41(23-4-10-28(44)11-5-23)37(39)25-15-30(46)19-31(47)16-25)21-36-40(34)38(26-17-32(48)20-33(49)18-26)42(51-36)24-6-12-29(45)13-7-24/h1-21,37-38,41-49H/b14-3-/t37-,38-,41+,42+/m0/s1. The number of phenols is 7. The van der Waals surface area contributed by atoms with Crippen molar-refractivity contribution in [1.29, 1.82) is 0 Å². The van der Waals surface area contributed by atoms with E-state index < -0.39 is 24.0 Å². The van der Waals surface area contributed by atoms with Crippen LogP contribution in [-0.2, 0) is 0 Å². The second-order valence-corrected chi connectivity index (χ2v) is 12.8. The first kappa shape index (κ1) is 31.5. The van der Waals surface area contributed by atoms with Gasteiger partial charge in [0, 0.05) is 29.3 Å². The minimum Gasteiger partial charge on any atom is -0.508 e. The third kappa shape index (κ3) is 5.84. The molecule has 0 aliphatic carbocycles. The van der Waals surface area contributed by atoms with Gasteiger partial charge in [-0.15, -0.1) is 0 Å². The van der Waals surface area contributed by atoms with Crippen LogP contribution in [0.1, 0.15) is 68.6 Å². The maximum Gasteiger partial charge on any atom is 0.135 e. The Bertz CT molecular complexity index is 2120. The Morgan fingerprint density at radius 3 is 1.14 bits per heavy atom. The minimum atomic E-state index is -0.652.